The van der Waals surface area contributed by atoms with E-state index < -0.39 is 5.97 Å². The van der Waals surface area contributed by atoms with Crippen molar-refractivity contribution in [2.24, 2.45) is 0 Å². The Morgan fingerprint density at radius 2 is 1.88 bits per heavy atom. The summed E-state index contributed by atoms with van der Waals surface area (Å²) in [6.45, 7) is 0. The van der Waals surface area contributed by atoms with Gasteiger partial charge in [0, 0.05) is 18.3 Å². The zero-order valence-corrected chi connectivity index (χ0v) is 8.63. The van der Waals surface area contributed by atoms with Crippen LogP contribution in [-0.2, 0) is 6.42 Å². The third-order valence-corrected chi connectivity index (χ3v) is 2.30. The first-order valence-corrected chi connectivity index (χ1v) is 4.98. The molecule has 2 rings (SSSR count). The SMILES string of the molecule is O=C(O)c1ccc(Cc2ccccc2)nc1. The highest BCUT2D eigenvalue weighted by atomic mass is 16.4. The van der Waals surface area contributed by atoms with Crippen LogP contribution >= 0.6 is 0 Å². The zero-order chi connectivity index (χ0) is 11.4. The van der Waals surface area contributed by atoms with E-state index in [0.29, 0.717) is 0 Å². The maximum atomic E-state index is 10.6. The fraction of sp³-hybridized carbons (Fsp3) is 0.0769. The first-order chi connectivity index (χ1) is 7.75. The Hall–Kier alpha value is -2.16. The molecule has 3 heteroatoms. The summed E-state index contributed by atoms with van der Waals surface area (Å²) < 4.78 is 0. The minimum atomic E-state index is -0.946. The van der Waals surface area contributed by atoms with Gasteiger partial charge in [-0.1, -0.05) is 30.3 Å². The summed E-state index contributed by atoms with van der Waals surface area (Å²) in [6.07, 6.45) is 2.11. The van der Waals surface area contributed by atoms with Crippen molar-refractivity contribution in [1.82, 2.24) is 4.98 Å². The van der Waals surface area contributed by atoms with Gasteiger partial charge in [-0.05, 0) is 17.7 Å². The molecule has 0 atom stereocenters. The standard InChI is InChI=1S/C13H11NO2/c15-13(16)11-6-7-12(14-9-11)8-10-4-2-1-3-5-10/h1-7,9H,8H2,(H,15,16). The van der Waals surface area contributed by atoms with Gasteiger partial charge in [-0.2, -0.15) is 0 Å². The van der Waals surface area contributed by atoms with Crippen LogP contribution in [0.15, 0.2) is 48.7 Å². The third kappa shape index (κ3) is 2.45. The molecule has 1 N–H and O–H groups in total. The Morgan fingerprint density at radius 1 is 1.12 bits per heavy atom. The van der Waals surface area contributed by atoms with Crippen molar-refractivity contribution in [1.29, 1.82) is 0 Å². The summed E-state index contributed by atoms with van der Waals surface area (Å²) in [5.41, 5.74) is 2.26. The Bertz CT molecular complexity index is 477. The van der Waals surface area contributed by atoms with Crippen LogP contribution in [0.25, 0.3) is 0 Å². The number of hydrogen-bond donors (Lipinski definition) is 1. The molecule has 0 spiro atoms. The van der Waals surface area contributed by atoms with Crippen LogP contribution in [0.1, 0.15) is 21.6 Å². The summed E-state index contributed by atoms with van der Waals surface area (Å²) in [5.74, 6) is -0.946. The Kier molecular flexibility index (Phi) is 2.96. The van der Waals surface area contributed by atoms with E-state index >= 15 is 0 Å². The molecule has 0 saturated carbocycles. The van der Waals surface area contributed by atoms with E-state index in [1.54, 1.807) is 12.1 Å². The molecule has 0 fully saturated rings. The monoisotopic (exact) mass is 213 g/mol. The molecular weight excluding hydrogens is 202 g/mol. The van der Waals surface area contributed by atoms with Gasteiger partial charge in [0.05, 0.1) is 5.56 Å². The lowest BCUT2D eigenvalue weighted by molar-refractivity contribution is 0.0696. The predicted molar refractivity (Wildman–Crippen MR) is 60.4 cm³/mol. The molecule has 0 bridgehead atoms. The topological polar surface area (TPSA) is 50.2 Å². The maximum Gasteiger partial charge on any atom is 0.337 e. The molecule has 1 aromatic carbocycles. The molecule has 2 aromatic rings. The van der Waals surface area contributed by atoms with Crippen molar-refractivity contribution in [3.05, 3.63) is 65.5 Å². The van der Waals surface area contributed by atoms with E-state index in [1.165, 1.54) is 6.20 Å². The number of nitrogens with zero attached hydrogens (tertiary/aromatic N) is 1. The second-order valence-electron chi connectivity index (χ2n) is 3.51. The van der Waals surface area contributed by atoms with E-state index in [4.69, 9.17) is 5.11 Å². The van der Waals surface area contributed by atoms with Crippen LogP contribution in [0.4, 0.5) is 0 Å². The van der Waals surface area contributed by atoms with E-state index in [1.807, 2.05) is 30.3 Å². The van der Waals surface area contributed by atoms with Gasteiger partial charge >= 0.3 is 5.97 Å². The molecule has 0 saturated heterocycles. The second-order valence-corrected chi connectivity index (χ2v) is 3.51. The average Bonchev–Trinajstić information content (AvgIpc) is 2.31. The van der Waals surface area contributed by atoms with Gasteiger partial charge in [0.2, 0.25) is 0 Å². The van der Waals surface area contributed by atoms with Crippen molar-refractivity contribution < 1.29 is 9.90 Å². The molecule has 1 heterocycles. The Balaban J connectivity index is 2.14. The smallest absolute Gasteiger partial charge is 0.337 e. The molecule has 0 amide bonds. The second kappa shape index (κ2) is 4.57. The van der Waals surface area contributed by atoms with Crippen molar-refractivity contribution in [2.45, 2.75) is 6.42 Å². The van der Waals surface area contributed by atoms with Gasteiger partial charge in [0.1, 0.15) is 0 Å². The van der Waals surface area contributed by atoms with Crippen molar-refractivity contribution >= 4 is 5.97 Å². The normalized spacial score (nSPS) is 10.0. The lowest BCUT2D eigenvalue weighted by atomic mass is 10.1. The van der Waals surface area contributed by atoms with E-state index in [-0.39, 0.29) is 5.56 Å². The summed E-state index contributed by atoms with van der Waals surface area (Å²) in [5, 5.41) is 8.73. The van der Waals surface area contributed by atoms with Gasteiger partial charge in [0.25, 0.3) is 0 Å². The van der Waals surface area contributed by atoms with Crippen LogP contribution in [0.5, 0.6) is 0 Å². The lowest BCUT2D eigenvalue weighted by Crippen LogP contribution is -1.99. The van der Waals surface area contributed by atoms with Gasteiger partial charge in [-0.25, -0.2) is 4.79 Å². The maximum absolute atomic E-state index is 10.6. The van der Waals surface area contributed by atoms with E-state index in [2.05, 4.69) is 4.98 Å². The molecule has 0 unspecified atom stereocenters. The number of carbonyl (C=O) groups is 1. The van der Waals surface area contributed by atoms with Crippen molar-refractivity contribution in [3.63, 3.8) is 0 Å². The van der Waals surface area contributed by atoms with Gasteiger partial charge in [-0.3, -0.25) is 4.98 Å². The molecule has 3 nitrogen and oxygen atoms in total. The molecule has 0 aliphatic rings. The summed E-state index contributed by atoms with van der Waals surface area (Å²) in [7, 11) is 0. The lowest BCUT2D eigenvalue weighted by Gasteiger charge is -2.01. The van der Waals surface area contributed by atoms with Crippen LogP contribution < -0.4 is 0 Å². The van der Waals surface area contributed by atoms with Crippen molar-refractivity contribution in [2.75, 3.05) is 0 Å². The zero-order valence-electron chi connectivity index (χ0n) is 8.63. The predicted octanol–water partition coefficient (Wildman–Crippen LogP) is 2.37. The fourth-order valence-electron chi connectivity index (χ4n) is 1.46. The number of benzene rings is 1. The number of aromatic carboxylic acids is 1. The average molecular weight is 213 g/mol. The highest BCUT2D eigenvalue weighted by molar-refractivity contribution is 5.87. The number of pyridine rings is 1. The minimum absolute atomic E-state index is 0.219. The van der Waals surface area contributed by atoms with Crippen molar-refractivity contribution in [3.8, 4) is 0 Å². The first kappa shape index (κ1) is 10.4. The highest BCUT2D eigenvalue weighted by Gasteiger charge is 2.03. The molecular formula is C13H11NO2. The summed E-state index contributed by atoms with van der Waals surface area (Å²) in [4.78, 5) is 14.7. The number of hydrogen-bond acceptors (Lipinski definition) is 2. The van der Waals surface area contributed by atoms with E-state index in [0.717, 1.165) is 17.7 Å². The fourth-order valence-corrected chi connectivity index (χ4v) is 1.46. The van der Waals surface area contributed by atoms with Crippen LogP contribution in [0.2, 0.25) is 0 Å². The van der Waals surface area contributed by atoms with E-state index in [9.17, 15) is 4.79 Å². The number of aromatic nitrogens is 1. The summed E-state index contributed by atoms with van der Waals surface area (Å²) in [6, 6.07) is 13.3. The van der Waals surface area contributed by atoms with Crippen LogP contribution in [-0.4, -0.2) is 16.1 Å². The van der Waals surface area contributed by atoms with Crippen LogP contribution in [0.3, 0.4) is 0 Å². The highest BCUT2D eigenvalue weighted by Crippen LogP contribution is 2.07. The first-order valence-electron chi connectivity index (χ1n) is 4.98. The minimum Gasteiger partial charge on any atom is -0.478 e. The van der Waals surface area contributed by atoms with Crippen LogP contribution in [0, 0.1) is 0 Å². The quantitative estimate of drug-likeness (QED) is 0.851. The number of carboxylic acids is 1. The Morgan fingerprint density at radius 3 is 2.44 bits per heavy atom. The number of rotatable bonds is 3. The molecule has 0 aliphatic carbocycles. The molecule has 0 aliphatic heterocycles. The molecule has 16 heavy (non-hydrogen) atoms. The third-order valence-electron chi connectivity index (χ3n) is 2.30. The van der Waals surface area contributed by atoms with Gasteiger partial charge in [-0.15, -0.1) is 0 Å². The molecule has 0 radical (unpaired) electrons. The number of carboxylic acid groups (broad SMARTS) is 1. The molecule has 1 aromatic heterocycles. The largest absolute Gasteiger partial charge is 0.478 e. The molecule has 80 valence electrons. The van der Waals surface area contributed by atoms with Gasteiger partial charge < -0.3 is 5.11 Å². The van der Waals surface area contributed by atoms with Gasteiger partial charge in [0.15, 0.2) is 0 Å². The summed E-state index contributed by atoms with van der Waals surface area (Å²) >= 11 is 0. The Labute approximate surface area is 93.4 Å².